The quantitative estimate of drug-likeness (QED) is 0.549. The fourth-order valence-corrected chi connectivity index (χ4v) is 1.39. The van der Waals surface area contributed by atoms with Crippen LogP contribution in [0, 0.1) is 5.41 Å². The number of hydrogen-bond donors (Lipinski definition) is 0. The molecule has 1 unspecified atom stereocenters. The maximum absolute atomic E-state index is 12.1. The Balaban J connectivity index is 4.44. The van der Waals surface area contributed by atoms with Crippen molar-refractivity contribution in [2.75, 3.05) is 0 Å². The molecular weight excluding hydrogens is 245 g/mol. The molecule has 0 bridgehead atoms. The highest BCUT2D eigenvalue weighted by Gasteiger charge is 2.31. The van der Waals surface area contributed by atoms with Gasteiger partial charge in [0, 0.05) is 12.0 Å². The molecule has 0 heterocycles. The molecule has 0 amide bonds. The highest BCUT2D eigenvalue weighted by atomic mass is 19.4. The molecule has 2 nitrogen and oxygen atoms in total. The summed E-state index contributed by atoms with van der Waals surface area (Å²) in [7, 11) is 0. The second-order valence-corrected chi connectivity index (χ2v) is 5.55. The molecule has 1 atom stereocenters. The topological polar surface area (TPSA) is 26.3 Å². The van der Waals surface area contributed by atoms with Gasteiger partial charge in [0.05, 0.1) is 0 Å². The summed E-state index contributed by atoms with van der Waals surface area (Å²) in [6, 6.07) is 0. The van der Waals surface area contributed by atoms with Crippen molar-refractivity contribution in [1.82, 2.24) is 0 Å². The van der Waals surface area contributed by atoms with Crippen LogP contribution in [0.2, 0.25) is 0 Å². The Hall–Kier alpha value is -1.00. The average Bonchev–Trinajstić information content (AvgIpc) is 2.12. The third kappa shape index (κ3) is 7.35. The summed E-state index contributed by atoms with van der Waals surface area (Å²) in [6.07, 6.45) is -5.41. The van der Waals surface area contributed by atoms with Crippen LogP contribution in [0.4, 0.5) is 13.2 Å². The van der Waals surface area contributed by atoms with Gasteiger partial charge in [-0.15, -0.1) is 0 Å². The van der Waals surface area contributed by atoms with Crippen molar-refractivity contribution < 1.29 is 22.7 Å². The van der Waals surface area contributed by atoms with Gasteiger partial charge < -0.3 is 4.74 Å². The first-order chi connectivity index (χ1) is 7.93. The van der Waals surface area contributed by atoms with E-state index in [0.717, 1.165) is 0 Å². The minimum atomic E-state index is -4.17. The first-order valence-corrected chi connectivity index (χ1v) is 5.86. The van der Waals surface area contributed by atoms with E-state index in [-0.39, 0.29) is 18.4 Å². The monoisotopic (exact) mass is 266 g/mol. The first kappa shape index (κ1) is 17.0. The number of halogens is 3. The van der Waals surface area contributed by atoms with E-state index in [2.05, 4.69) is 6.58 Å². The number of rotatable bonds is 5. The Bertz CT molecular complexity index is 300. The van der Waals surface area contributed by atoms with Crippen molar-refractivity contribution in [3.05, 3.63) is 12.2 Å². The van der Waals surface area contributed by atoms with Crippen LogP contribution in [0.1, 0.15) is 47.0 Å². The van der Waals surface area contributed by atoms with Gasteiger partial charge >= 0.3 is 12.1 Å². The molecule has 0 aromatic rings. The summed E-state index contributed by atoms with van der Waals surface area (Å²) in [5.74, 6) is -0.554. The van der Waals surface area contributed by atoms with Crippen molar-refractivity contribution in [2.45, 2.75) is 59.2 Å². The molecule has 18 heavy (non-hydrogen) atoms. The Labute approximate surface area is 106 Å². The lowest BCUT2D eigenvalue weighted by atomic mass is 9.86. The summed E-state index contributed by atoms with van der Waals surface area (Å²) < 4.78 is 41.4. The number of ether oxygens (including phenoxy) is 1. The van der Waals surface area contributed by atoms with Crippen LogP contribution in [0.3, 0.4) is 0 Å². The van der Waals surface area contributed by atoms with Crippen LogP contribution < -0.4 is 0 Å². The van der Waals surface area contributed by atoms with E-state index < -0.39 is 30.1 Å². The number of carbonyl (C=O) groups excluding carboxylic acids is 1. The minimum absolute atomic E-state index is 0.0467. The van der Waals surface area contributed by atoms with Gasteiger partial charge in [-0.3, -0.25) is 0 Å². The molecule has 0 aromatic carbocycles. The average molecular weight is 266 g/mol. The van der Waals surface area contributed by atoms with Gasteiger partial charge in [-0.2, -0.15) is 13.2 Å². The molecule has 0 aliphatic rings. The molecule has 0 aliphatic carbocycles. The smallest absolute Gasteiger partial charge is 0.389 e. The fraction of sp³-hybridized carbons (Fsp3) is 0.769. The maximum atomic E-state index is 12.1. The molecular formula is C13H21F3O2. The first-order valence-electron chi connectivity index (χ1n) is 5.86. The molecule has 0 aliphatic heterocycles. The lowest BCUT2D eigenvalue weighted by molar-refractivity contribution is -0.152. The van der Waals surface area contributed by atoms with Crippen molar-refractivity contribution in [3.8, 4) is 0 Å². The van der Waals surface area contributed by atoms with Crippen LogP contribution in [0.15, 0.2) is 12.2 Å². The lowest BCUT2D eigenvalue weighted by Gasteiger charge is -2.30. The molecule has 0 spiro atoms. The van der Waals surface area contributed by atoms with Crippen molar-refractivity contribution in [3.63, 3.8) is 0 Å². The Morgan fingerprint density at radius 1 is 1.28 bits per heavy atom. The van der Waals surface area contributed by atoms with E-state index in [1.165, 1.54) is 6.92 Å². The third-order valence-electron chi connectivity index (χ3n) is 2.49. The minimum Gasteiger partial charge on any atom is -0.458 e. The van der Waals surface area contributed by atoms with E-state index in [9.17, 15) is 18.0 Å². The van der Waals surface area contributed by atoms with E-state index in [4.69, 9.17) is 4.74 Å². The Morgan fingerprint density at radius 2 is 1.78 bits per heavy atom. The van der Waals surface area contributed by atoms with E-state index in [1.54, 1.807) is 0 Å². The summed E-state index contributed by atoms with van der Waals surface area (Å²) in [6.45, 7) is 10.5. The van der Waals surface area contributed by atoms with Crippen LogP contribution in [0.25, 0.3) is 0 Å². The van der Waals surface area contributed by atoms with E-state index in [1.807, 2.05) is 20.8 Å². The zero-order chi connectivity index (χ0) is 14.6. The number of hydrogen-bond acceptors (Lipinski definition) is 2. The molecule has 106 valence electrons. The maximum Gasteiger partial charge on any atom is 0.389 e. The standard InChI is InChI=1S/C13H21F3O2/c1-9(2)11(17)18-10(12(3,4)5)7-6-8-13(14,15)16/h10H,1,6-8H2,2-5H3. The van der Waals surface area contributed by atoms with Crippen LogP contribution in [0.5, 0.6) is 0 Å². The van der Waals surface area contributed by atoms with E-state index >= 15 is 0 Å². The van der Waals surface area contributed by atoms with Gasteiger partial charge in [-0.05, 0) is 25.2 Å². The molecule has 0 N–H and O–H groups in total. The lowest BCUT2D eigenvalue weighted by Crippen LogP contribution is -2.32. The second-order valence-electron chi connectivity index (χ2n) is 5.55. The Morgan fingerprint density at radius 3 is 2.11 bits per heavy atom. The van der Waals surface area contributed by atoms with Gasteiger partial charge in [0.1, 0.15) is 6.10 Å². The number of esters is 1. The van der Waals surface area contributed by atoms with Gasteiger partial charge in [0.15, 0.2) is 0 Å². The predicted octanol–water partition coefficient (Wildman–Crippen LogP) is 4.25. The van der Waals surface area contributed by atoms with Crippen LogP contribution in [-0.4, -0.2) is 18.2 Å². The van der Waals surface area contributed by atoms with Crippen molar-refractivity contribution in [1.29, 1.82) is 0 Å². The number of alkyl halides is 3. The molecule has 5 heteroatoms. The summed E-state index contributed by atoms with van der Waals surface area (Å²) in [5.41, 5.74) is -0.142. The molecule has 0 aromatic heterocycles. The fourth-order valence-electron chi connectivity index (χ4n) is 1.39. The number of carbonyl (C=O) groups is 1. The summed E-state index contributed by atoms with van der Waals surface area (Å²) in [5, 5.41) is 0. The Kier molecular flexibility index (Phi) is 5.90. The SMILES string of the molecule is C=C(C)C(=O)OC(CCCC(F)(F)F)C(C)(C)C. The summed E-state index contributed by atoms with van der Waals surface area (Å²) in [4.78, 5) is 11.4. The molecule has 0 rings (SSSR count). The van der Waals surface area contributed by atoms with Gasteiger partial charge in [0.25, 0.3) is 0 Å². The van der Waals surface area contributed by atoms with Gasteiger partial charge in [0.2, 0.25) is 0 Å². The highest BCUT2D eigenvalue weighted by molar-refractivity contribution is 5.87. The molecule has 0 radical (unpaired) electrons. The van der Waals surface area contributed by atoms with Crippen LogP contribution in [-0.2, 0) is 9.53 Å². The zero-order valence-corrected chi connectivity index (χ0v) is 11.4. The van der Waals surface area contributed by atoms with Crippen LogP contribution >= 0.6 is 0 Å². The molecule has 0 saturated carbocycles. The zero-order valence-electron chi connectivity index (χ0n) is 11.4. The van der Waals surface area contributed by atoms with Crippen molar-refractivity contribution >= 4 is 5.97 Å². The second kappa shape index (κ2) is 6.25. The largest absolute Gasteiger partial charge is 0.458 e. The normalized spacial score (nSPS) is 14.2. The molecule has 0 fully saturated rings. The van der Waals surface area contributed by atoms with Crippen molar-refractivity contribution in [2.24, 2.45) is 5.41 Å². The summed E-state index contributed by atoms with van der Waals surface area (Å²) >= 11 is 0. The van der Waals surface area contributed by atoms with E-state index in [0.29, 0.717) is 0 Å². The third-order valence-corrected chi connectivity index (χ3v) is 2.49. The van der Waals surface area contributed by atoms with Gasteiger partial charge in [-0.25, -0.2) is 4.79 Å². The molecule has 0 saturated heterocycles. The predicted molar refractivity (Wildman–Crippen MR) is 64.1 cm³/mol. The highest BCUT2D eigenvalue weighted by Crippen LogP contribution is 2.30. The van der Waals surface area contributed by atoms with Gasteiger partial charge in [-0.1, -0.05) is 27.4 Å².